The van der Waals surface area contributed by atoms with E-state index in [1.165, 1.54) is 0 Å². The summed E-state index contributed by atoms with van der Waals surface area (Å²) >= 11 is 3.50. The number of aromatic nitrogens is 2. The highest BCUT2D eigenvalue weighted by atomic mass is 79.9. The van der Waals surface area contributed by atoms with Crippen molar-refractivity contribution in [1.82, 2.24) is 9.97 Å². The van der Waals surface area contributed by atoms with Crippen molar-refractivity contribution in [2.75, 3.05) is 18.1 Å². The van der Waals surface area contributed by atoms with Crippen molar-refractivity contribution in [3.8, 4) is 0 Å². The average Bonchev–Trinajstić information content (AvgIpc) is 2.81. The largest absolute Gasteiger partial charge is 0.396 e. The number of anilines is 1. The van der Waals surface area contributed by atoms with Crippen molar-refractivity contribution in [3.05, 3.63) is 29.0 Å². The summed E-state index contributed by atoms with van der Waals surface area (Å²) in [6.45, 7) is 0.576. The van der Waals surface area contributed by atoms with E-state index in [1.807, 2.05) is 12.1 Å². The van der Waals surface area contributed by atoms with Gasteiger partial charge in [-0.3, -0.25) is 14.8 Å². The van der Waals surface area contributed by atoms with Crippen LogP contribution in [0.3, 0.4) is 0 Å². The highest BCUT2D eigenvalue weighted by molar-refractivity contribution is 9.10. The lowest BCUT2D eigenvalue weighted by atomic mass is 10.1. The number of halogens is 1. The van der Waals surface area contributed by atoms with E-state index in [-0.39, 0.29) is 18.4 Å². The summed E-state index contributed by atoms with van der Waals surface area (Å²) in [5.74, 6) is 0.0416. The molecule has 1 aliphatic rings. The lowest BCUT2D eigenvalue weighted by Crippen LogP contribution is -2.25. The lowest BCUT2D eigenvalue weighted by molar-refractivity contribution is -0.117. The van der Waals surface area contributed by atoms with Gasteiger partial charge < -0.3 is 10.0 Å². The molecule has 0 bridgehead atoms. The number of carbonyl (C=O) groups excluding carboxylic acids is 1. The quantitative estimate of drug-likeness (QED) is 0.915. The second kappa shape index (κ2) is 4.86. The van der Waals surface area contributed by atoms with Crippen LogP contribution in [0.1, 0.15) is 6.42 Å². The third kappa shape index (κ3) is 2.11. The van der Waals surface area contributed by atoms with Gasteiger partial charge in [0.05, 0.1) is 15.7 Å². The molecule has 2 aromatic rings. The molecule has 1 N–H and O–H groups in total. The van der Waals surface area contributed by atoms with Crippen LogP contribution in [0.25, 0.3) is 11.0 Å². The standard InChI is InChI=1S/C13H12BrN3O2/c14-12-10(17-6-8(7-18)5-11(17)19)2-1-9-13(12)16-4-3-15-9/h1-4,8,18H,5-7H2. The molecule has 1 amide bonds. The molecule has 5 nitrogen and oxygen atoms in total. The maximum atomic E-state index is 12.0. The molecule has 98 valence electrons. The van der Waals surface area contributed by atoms with E-state index in [0.717, 1.165) is 21.2 Å². The Bertz CT molecular complexity index is 647. The highest BCUT2D eigenvalue weighted by Gasteiger charge is 2.31. The zero-order valence-corrected chi connectivity index (χ0v) is 11.7. The maximum Gasteiger partial charge on any atom is 0.227 e. The van der Waals surface area contributed by atoms with Crippen LogP contribution in [0.4, 0.5) is 5.69 Å². The molecule has 1 saturated heterocycles. The first-order chi connectivity index (χ1) is 9.20. The smallest absolute Gasteiger partial charge is 0.227 e. The SMILES string of the molecule is O=C1CC(CO)CN1c1ccc2nccnc2c1Br. The summed E-state index contributed by atoms with van der Waals surface area (Å²) < 4.78 is 0.769. The fourth-order valence-corrected chi connectivity index (χ4v) is 2.99. The highest BCUT2D eigenvalue weighted by Crippen LogP contribution is 2.35. The van der Waals surface area contributed by atoms with Gasteiger partial charge in [-0.2, -0.15) is 0 Å². The van der Waals surface area contributed by atoms with Crippen LogP contribution in [0.15, 0.2) is 29.0 Å². The van der Waals surface area contributed by atoms with E-state index in [0.29, 0.717) is 13.0 Å². The predicted molar refractivity (Wildman–Crippen MR) is 74.8 cm³/mol. The lowest BCUT2D eigenvalue weighted by Gasteiger charge is -2.18. The Kier molecular flexibility index (Phi) is 3.20. The number of hydrogen-bond donors (Lipinski definition) is 1. The van der Waals surface area contributed by atoms with E-state index in [1.54, 1.807) is 17.3 Å². The van der Waals surface area contributed by atoms with Crippen molar-refractivity contribution >= 4 is 38.6 Å². The molecule has 1 fully saturated rings. The van der Waals surface area contributed by atoms with Gasteiger partial charge in [0.25, 0.3) is 0 Å². The average molecular weight is 322 g/mol. The van der Waals surface area contributed by atoms with E-state index in [9.17, 15) is 9.90 Å². The van der Waals surface area contributed by atoms with Crippen LogP contribution in [-0.2, 0) is 4.79 Å². The van der Waals surface area contributed by atoms with Gasteiger partial charge in [0, 0.05) is 37.9 Å². The zero-order chi connectivity index (χ0) is 13.4. The van der Waals surface area contributed by atoms with Crippen LogP contribution in [0.5, 0.6) is 0 Å². The Balaban J connectivity index is 2.06. The minimum Gasteiger partial charge on any atom is -0.396 e. The molecule has 19 heavy (non-hydrogen) atoms. The van der Waals surface area contributed by atoms with Crippen molar-refractivity contribution in [1.29, 1.82) is 0 Å². The monoisotopic (exact) mass is 321 g/mol. The first-order valence-corrected chi connectivity index (χ1v) is 6.80. The summed E-state index contributed by atoms with van der Waals surface area (Å²) in [4.78, 5) is 22.2. The second-order valence-electron chi connectivity index (χ2n) is 4.58. The molecule has 1 aliphatic heterocycles. The molecular weight excluding hydrogens is 310 g/mol. The Morgan fingerprint density at radius 3 is 2.89 bits per heavy atom. The minimum absolute atomic E-state index is 0.0111. The van der Waals surface area contributed by atoms with Crippen LogP contribution in [0.2, 0.25) is 0 Å². The van der Waals surface area contributed by atoms with Gasteiger partial charge in [0.15, 0.2) is 0 Å². The fourth-order valence-electron chi connectivity index (χ4n) is 2.34. The third-order valence-corrected chi connectivity index (χ3v) is 4.09. The van der Waals surface area contributed by atoms with Crippen molar-refractivity contribution in [3.63, 3.8) is 0 Å². The summed E-state index contributed by atoms with van der Waals surface area (Å²) in [6.07, 6.45) is 3.65. The Labute approximate surface area is 118 Å². The normalized spacial score (nSPS) is 19.4. The number of rotatable bonds is 2. The van der Waals surface area contributed by atoms with Gasteiger partial charge >= 0.3 is 0 Å². The second-order valence-corrected chi connectivity index (χ2v) is 5.37. The Morgan fingerprint density at radius 1 is 1.37 bits per heavy atom. The minimum atomic E-state index is 0.0111. The van der Waals surface area contributed by atoms with Gasteiger partial charge in [-0.15, -0.1) is 0 Å². The number of aliphatic hydroxyl groups is 1. The summed E-state index contributed by atoms with van der Waals surface area (Å²) in [7, 11) is 0. The third-order valence-electron chi connectivity index (χ3n) is 3.31. The van der Waals surface area contributed by atoms with Gasteiger partial charge in [0.1, 0.15) is 5.52 Å². The number of benzene rings is 1. The van der Waals surface area contributed by atoms with Gasteiger partial charge in [-0.05, 0) is 28.1 Å². The number of carbonyl (C=O) groups is 1. The van der Waals surface area contributed by atoms with E-state index in [2.05, 4.69) is 25.9 Å². The Hall–Kier alpha value is -1.53. The van der Waals surface area contributed by atoms with Crippen molar-refractivity contribution in [2.24, 2.45) is 5.92 Å². The number of fused-ring (bicyclic) bond motifs is 1. The number of amides is 1. The molecule has 1 aromatic heterocycles. The molecule has 0 saturated carbocycles. The van der Waals surface area contributed by atoms with E-state index < -0.39 is 0 Å². The molecule has 3 rings (SSSR count). The van der Waals surface area contributed by atoms with Gasteiger partial charge in [-0.25, -0.2) is 0 Å². The molecule has 0 radical (unpaired) electrons. The van der Waals surface area contributed by atoms with Gasteiger partial charge in [-0.1, -0.05) is 0 Å². The topological polar surface area (TPSA) is 66.3 Å². The fraction of sp³-hybridized carbons (Fsp3) is 0.308. The number of nitrogens with zero attached hydrogens (tertiary/aromatic N) is 3. The molecule has 0 spiro atoms. The molecule has 1 aromatic carbocycles. The summed E-state index contributed by atoms with van der Waals surface area (Å²) in [5.41, 5.74) is 2.30. The Morgan fingerprint density at radius 2 is 2.16 bits per heavy atom. The maximum absolute atomic E-state index is 12.0. The van der Waals surface area contributed by atoms with Crippen LogP contribution >= 0.6 is 15.9 Å². The molecule has 6 heteroatoms. The zero-order valence-electron chi connectivity index (χ0n) is 10.1. The number of aliphatic hydroxyl groups excluding tert-OH is 1. The van der Waals surface area contributed by atoms with Crippen LogP contribution in [0, 0.1) is 5.92 Å². The van der Waals surface area contributed by atoms with Crippen LogP contribution < -0.4 is 4.90 Å². The first kappa shape index (κ1) is 12.5. The first-order valence-electron chi connectivity index (χ1n) is 6.01. The molecule has 1 unspecified atom stereocenters. The van der Waals surface area contributed by atoms with Crippen molar-refractivity contribution < 1.29 is 9.90 Å². The molecule has 1 atom stereocenters. The molecule has 0 aliphatic carbocycles. The van der Waals surface area contributed by atoms with Gasteiger partial charge in [0.2, 0.25) is 5.91 Å². The van der Waals surface area contributed by atoms with Crippen molar-refractivity contribution in [2.45, 2.75) is 6.42 Å². The summed E-state index contributed by atoms with van der Waals surface area (Å²) in [6, 6.07) is 3.71. The number of hydrogen-bond acceptors (Lipinski definition) is 4. The summed E-state index contributed by atoms with van der Waals surface area (Å²) in [5, 5.41) is 9.18. The molecule has 2 heterocycles. The van der Waals surface area contributed by atoms with E-state index >= 15 is 0 Å². The van der Waals surface area contributed by atoms with E-state index in [4.69, 9.17) is 0 Å². The molecular formula is C13H12BrN3O2. The predicted octanol–water partition coefficient (Wildman–Crippen LogP) is 1.74. The van der Waals surface area contributed by atoms with Crippen LogP contribution in [-0.4, -0.2) is 34.1 Å².